The van der Waals surface area contributed by atoms with Crippen LogP contribution in [-0.2, 0) is 0 Å². The predicted octanol–water partition coefficient (Wildman–Crippen LogP) is 4.51. The van der Waals surface area contributed by atoms with Crippen LogP contribution in [0.1, 0.15) is 39.0 Å². The summed E-state index contributed by atoms with van der Waals surface area (Å²) in [4.78, 5) is 0. The van der Waals surface area contributed by atoms with Gasteiger partial charge in [0.05, 0.1) is 6.07 Å². The van der Waals surface area contributed by atoms with E-state index in [1.165, 1.54) is 19.3 Å². The number of allylic oxidation sites excluding steroid dienone is 2. The molecular weight excluding hydrogens is 266 g/mol. The highest BCUT2D eigenvalue weighted by Crippen LogP contribution is 2.77. The molecule has 0 aromatic rings. The molecule has 1 nitrogen and oxygen atoms in total. The molecule has 6 bridgehead atoms. The Morgan fingerprint density at radius 1 is 0.818 bits per heavy atom. The zero-order valence-corrected chi connectivity index (χ0v) is 13.6. The van der Waals surface area contributed by atoms with Crippen LogP contribution in [0.4, 0.5) is 0 Å². The molecule has 12 atom stereocenters. The first-order valence-corrected chi connectivity index (χ1v) is 9.88. The summed E-state index contributed by atoms with van der Waals surface area (Å²) in [5.41, 5.74) is 0. The van der Waals surface area contributed by atoms with Crippen LogP contribution in [0.15, 0.2) is 12.2 Å². The molecule has 0 amide bonds. The smallest absolute Gasteiger partial charge is 0.0624 e. The maximum absolute atomic E-state index is 9.32. The Morgan fingerprint density at radius 3 is 2.00 bits per heavy atom. The summed E-state index contributed by atoms with van der Waals surface area (Å²) in [5, 5.41) is 9.32. The minimum atomic E-state index is 0.758. The fraction of sp³-hybridized carbons (Fsp3) is 0.857. The van der Waals surface area contributed by atoms with Gasteiger partial charge < -0.3 is 0 Å². The number of fused-ring (bicyclic) bond motifs is 16. The average molecular weight is 293 g/mol. The Labute approximate surface area is 134 Å². The van der Waals surface area contributed by atoms with Crippen LogP contribution >= 0.6 is 0 Å². The third-order valence-corrected chi connectivity index (χ3v) is 9.53. The largest absolute Gasteiger partial charge is 0.198 e. The highest BCUT2D eigenvalue weighted by Gasteiger charge is 2.72. The molecule has 0 radical (unpaired) electrons. The average Bonchev–Trinajstić information content (AvgIpc) is 3.29. The number of nitriles is 1. The van der Waals surface area contributed by atoms with E-state index in [9.17, 15) is 5.26 Å². The third kappa shape index (κ3) is 1.19. The van der Waals surface area contributed by atoms with E-state index in [2.05, 4.69) is 25.1 Å². The lowest BCUT2D eigenvalue weighted by Gasteiger charge is -2.48. The summed E-state index contributed by atoms with van der Waals surface area (Å²) < 4.78 is 0. The van der Waals surface area contributed by atoms with Gasteiger partial charge in [-0.2, -0.15) is 5.26 Å². The summed E-state index contributed by atoms with van der Waals surface area (Å²) in [6.45, 7) is 2.39. The predicted molar refractivity (Wildman–Crippen MR) is 85.4 cm³/mol. The third-order valence-electron chi connectivity index (χ3n) is 9.53. The number of hydrogen-bond donors (Lipinski definition) is 0. The van der Waals surface area contributed by atoms with Gasteiger partial charge in [-0.3, -0.25) is 0 Å². The van der Waals surface area contributed by atoms with E-state index in [1.807, 2.05) is 0 Å². The Morgan fingerprint density at radius 2 is 1.41 bits per heavy atom. The van der Waals surface area contributed by atoms with Crippen LogP contribution in [-0.4, -0.2) is 0 Å². The second-order valence-corrected chi connectivity index (χ2v) is 9.48. The van der Waals surface area contributed by atoms with Gasteiger partial charge in [-0.25, -0.2) is 0 Å². The van der Waals surface area contributed by atoms with Crippen molar-refractivity contribution in [3.8, 4) is 6.07 Å². The maximum Gasteiger partial charge on any atom is 0.0624 e. The summed E-state index contributed by atoms with van der Waals surface area (Å²) in [6.07, 6.45) is 11.9. The molecule has 5 fully saturated rings. The molecular formula is C21H27N. The van der Waals surface area contributed by atoms with Gasteiger partial charge in [-0.15, -0.1) is 0 Å². The second-order valence-electron chi connectivity index (χ2n) is 9.48. The molecule has 5 saturated carbocycles. The second kappa shape index (κ2) is 4.00. The molecule has 22 heavy (non-hydrogen) atoms. The standard InChI is InChI=1S/C21H27N/c1-2-12-13(5-6-22)15-8-14(12)20-16-9-17(21(15)20)19-11-4-3-10(7-11)18(16)19/h3-4,10-21H,2,5,7-9H2,1H3. The molecule has 6 rings (SSSR count). The van der Waals surface area contributed by atoms with Gasteiger partial charge in [-0.1, -0.05) is 25.5 Å². The van der Waals surface area contributed by atoms with E-state index in [4.69, 9.17) is 0 Å². The van der Waals surface area contributed by atoms with Gasteiger partial charge in [-0.05, 0) is 90.3 Å². The SMILES string of the molecule is CCC1C(CC#N)C2CC1C1C3CC(C4C5C=CC(C5)C34)C21. The Hall–Kier alpha value is -0.770. The van der Waals surface area contributed by atoms with Crippen molar-refractivity contribution < 1.29 is 0 Å². The molecule has 0 saturated heterocycles. The van der Waals surface area contributed by atoms with Crippen molar-refractivity contribution in [1.29, 1.82) is 5.26 Å². The topological polar surface area (TPSA) is 23.8 Å². The van der Waals surface area contributed by atoms with Gasteiger partial charge in [0.15, 0.2) is 0 Å². The van der Waals surface area contributed by atoms with Crippen molar-refractivity contribution in [3.63, 3.8) is 0 Å². The van der Waals surface area contributed by atoms with Crippen molar-refractivity contribution in [2.45, 2.75) is 39.0 Å². The van der Waals surface area contributed by atoms with Crippen LogP contribution in [0, 0.1) is 82.3 Å². The molecule has 116 valence electrons. The van der Waals surface area contributed by atoms with E-state index < -0.39 is 0 Å². The summed E-state index contributed by atoms with van der Waals surface area (Å²) in [6, 6.07) is 2.54. The highest BCUT2D eigenvalue weighted by molar-refractivity contribution is 5.25. The zero-order chi connectivity index (χ0) is 14.6. The van der Waals surface area contributed by atoms with Crippen molar-refractivity contribution in [2.75, 3.05) is 0 Å². The molecule has 0 spiro atoms. The lowest BCUT2D eigenvalue weighted by Crippen LogP contribution is -2.44. The molecule has 6 aliphatic carbocycles. The first-order chi connectivity index (χ1) is 10.8. The van der Waals surface area contributed by atoms with Crippen molar-refractivity contribution in [1.82, 2.24) is 0 Å². The summed E-state index contributed by atoms with van der Waals surface area (Å²) in [5.74, 6) is 11.8. The van der Waals surface area contributed by atoms with Crippen LogP contribution in [0.5, 0.6) is 0 Å². The van der Waals surface area contributed by atoms with Crippen molar-refractivity contribution in [2.24, 2.45) is 71.0 Å². The van der Waals surface area contributed by atoms with Gasteiger partial charge in [0.25, 0.3) is 0 Å². The minimum absolute atomic E-state index is 0.758. The minimum Gasteiger partial charge on any atom is -0.198 e. The fourth-order valence-corrected chi connectivity index (χ4v) is 9.53. The first kappa shape index (κ1) is 12.6. The molecule has 0 aromatic heterocycles. The Bertz CT molecular complexity index is 585. The Kier molecular flexibility index (Phi) is 2.30. The molecule has 12 unspecified atom stereocenters. The van der Waals surface area contributed by atoms with E-state index in [0.717, 1.165) is 77.4 Å². The van der Waals surface area contributed by atoms with Crippen molar-refractivity contribution in [3.05, 3.63) is 12.2 Å². The molecule has 0 aliphatic heterocycles. The molecule has 6 aliphatic rings. The van der Waals surface area contributed by atoms with Gasteiger partial charge in [0, 0.05) is 6.42 Å². The molecule has 0 aromatic carbocycles. The number of rotatable bonds is 2. The highest BCUT2D eigenvalue weighted by atomic mass is 14.8. The molecule has 0 heterocycles. The number of hydrogen-bond acceptors (Lipinski definition) is 1. The number of nitrogens with zero attached hydrogens (tertiary/aromatic N) is 1. The van der Waals surface area contributed by atoms with Gasteiger partial charge >= 0.3 is 0 Å². The summed E-state index contributed by atoms with van der Waals surface area (Å²) in [7, 11) is 0. The quantitative estimate of drug-likeness (QED) is 0.543. The zero-order valence-electron chi connectivity index (χ0n) is 13.6. The lowest BCUT2D eigenvalue weighted by molar-refractivity contribution is 0.000519. The lowest BCUT2D eigenvalue weighted by atomic mass is 9.56. The normalized spacial score (nSPS) is 65.1. The maximum atomic E-state index is 9.32. The van der Waals surface area contributed by atoms with Crippen LogP contribution < -0.4 is 0 Å². The Balaban J connectivity index is 1.39. The van der Waals surface area contributed by atoms with Gasteiger partial charge in [0.2, 0.25) is 0 Å². The molecule has 1 heteroatoms. The van der Waals surface area contributed by atoms with E-state index in [0.29, 0.717) is 0 Å². The molecule has 0 N–H and O–H groups in total. The first-order valence-electron chi connectivity index (χ1n) is 9.88. The van der Waals surface area contributed by atoms with E-state index >= 15 is 0 Å². The fourth-order valence-electron chi connectivity index (χ4n) is 9.53. The van der Waals surface area contributed by atoms with Crippen LogP contribution in [0.25, 0.3) is 0 Å². The van der Waals surface area contributed by atoms with E-state index in [1.54, 1.807) is 6.42 Å². The summed E-state index contributed by atoms with van der Waals surface area (Å²) >= 11 is 0. The van der Waals surface area contributed by atoms with Crippen LogP contribution in [0.3, 0.4) is 0 Å². The van der Waals surface area contributed by atoms with Crippen molar-refractivity contribution >= 4 is 0 Å². The van der Waals surface area contributed by atoms with Crippen LogP contribution in [0.2, 0.25) is 0 Å². The van der Waals surface area contributed by atoms with Gasteiger partial charge in [0.1, 0.15) is 0 Å². The monoisotopic (exact) mass is 293 g/mol. The van der Waals surface area contributed by atoms with E-state index in [-0.39, 0.29) is 0 Å².